The van der Waals surface area contributed by atoms with Crippen LogP contribution in [0.25, 0.3) is 22.7 Å². The van der Waals surface area contributed by atoms with Gasteiger partial charge in [0, 0.05) is 24.2 Å². The Hall–Kier alpha value is -1.89. The van der Waals surface area contributed by atoms with E-state index in [1.54, 1.807) is 0 Å². The highest BCUT2D eigenvalue weighted by molar-refractivity contribution is 6.33. The van der Waals surface area contributed by atoms with Crippen molar-refractivity contribution in [3.8, 4) is 22.7 Å². The normalized spacial score (nSPS) is 12.7. The molecule has 8 heteroatoms. The zero-order valence-electron chi connectivity index (χ0n) is 16.2. The molecule has 0 spiro atoms. The Bertz CT molecular complexity index is 898. The average Bonchev–Trinajstić information content (AvgIpc) is 3.21. The van der Waals surface area contributed by atoms with Gasteiger partial charge in [-0.1, -0.05) is 35.0 Å². The summed E-state index contributed by atoms with van der Waals surface area (Å²) in [6, 6.07) is 7.90. The highest BCUT2D eigenvalue weighted by atomic mass is 35.5. The summed E-state index contributed by atoms with van der Waals surface area (Å²) in [5.41, 5.74) is 2.18. The van der Waals surface area contributed by atoms with Crippen molar-refractivity contribution in [1.82, 2.24) is 25.2 Å². The molecule has 0 aliphatic carbocycles. The van der Waals surface area contributed by atoms with Crippen LogP contribution < -0.4 is 5.32 Å². The number of halogens is 2. The molecule has 1 atom stereocenters. The van der Waals surface area contributed by atoms with Crippen molar-refractivity contribution in [1.29, 1.82) is 0 Å². The number of nitrogens with zero attached hydrogens (tertiary/aromatic N) is 4. The Morgan fingerprint density at radius 3 is 2.56 bits per heavy atom. The third kappa shape index (κ3) is 4.69. The molecule has 27 heavy (non-hydrogen) atoms. The van der Waals surface area contributed by atoms with E-state index in [-0.39, 0.29) is 24.0 Å². The van der Waals surface area contributed by atoms with Gasteiger partial charge in [-0.2, -0.15) is 10.1 Å². The summed E-state index contributed by atoms with van der Waals surface area (Å²) >= 11 is 6.41. The van der Waals surface area contributed by atoms with Crippen LogP contribution >= 0.6 is 24.0 Å². The SMILES string of the molecule is CNC(C)Cc1noc(-c2cn(C(C)(C)C)nc2-c2ccccc2Cl)n1.Cl. The average molecular weight is 410 g/mol. The van der Waals surface area contributed by atoms with Crippen LogP contribution in [0.3, 0.4) is 0 Å². The maximum Gasteiger partial charge on any atom is 0.261 e. The predicted molar refractivity (Wildman–Crippen MR) is 110 cm³/mol. The summed E-state index contributed by atoms with van der Waals surface area (Å²) in [4.78, 5) is 4.57. The quantitative estimate of drug-likeness (QED) is 0.667. The molecular formula is C19H25Cl2N5O. The van der Waals surface area contributed by atoms with Crippen LogP contribution in [0, 0.1) is 0 Å². The molecule has 6 nitrogen and oxygen atoms in total. The largest absolute Gasteiger partial charge is 0.334 e. The van der Waals surface area contributed by atoms with E-state index in [1.165, 1.54) is 0 Å². The fraction of sp³-hybridized carbons (Fsp3) is 0.421. The van der Waals surface area contributed by atoms with E-state index in [4.69, 9.17) is 21.2 Å². The summed E-state index contributed by atoms with van der Waals surface area (Å²) in [6.45, 7) is 8.35. The molecule has 2 aromatic heterocycles. The summed E-state index contributed by atoms with van der Waals surface area (Å²) in [5, 5.41) is 12.7. The van der Waals surface area contributed by atoms with Crippen LogP contribution in [-0.4, -0.2) is 33.0 Å². The van der Waals surface area contributed by atoms with Gasteiger partial charge < -0.3 is 9.84 Å². The molecular weight excluding hydrogens is 385 g/mol. The number of hydrogen-bond donors (Lipinski definition) is 1. The second-order valence-electron chi connectivity index (χ2n) is 7.40. The Morgan fingerprint density at radius 1 is 1.22 bits per heavy atom. The number of aromatic nitrogens is 4. The Labute approximate surface area is 170 Å². The zero-order chi connectivity index (χ0) is 18.9. The van der Waals surface area contributed by atoms with Crippen molar-refractivity contribution < 1.29 is 4.52 Å². The molecule has 0 radical (unpaired) electrons. The molecule has 0 saturated carbocycles. The lowest BCUT2D eigenvalue weighted by Gasteiger charge is -2.18. The van der Waals surface area contributed by atoms with E-state index < -0.39 is 0 Å². The van der Waals surface area contributed by atoms with E-state index in [1.807, 2.05) is 42.2 Å². The maximum absolute atomic E-state index is 6.41. The lowest BCUT2D eigenvalue weighted by atomic mass is 10.1. The maximum atomic E-state index is 6.41. The van der Waals surface area contributed by atoms with Crippen LogP contribution in [0.4, 0.5) is 0 Å². The monoisotopic (exact) mass is 409 g/mol. The Morgan fingerprint density at radius 2 is 1.93 bits per heavy atom. The van der Waals surface area contributed by atoms with Gasteiger partial charge >= 0.3 is 0 Å². The van der Waals surface area contributed by atoms with E-state index in [9.17, 15) is 0 Å². The first-order valence-electron chi connectivity index (χ1n) is 8.65. The van der Waals surface area contributed by atoms with Crippen LogP contribution in [0.1, 0.15) is 33.5 Å². The van der Waals surface area contributed by atoms with Gasteiger partial charge in [-0.05, 0) is 40.8 Å². The fourth-order valence-corrected chi connectivity index (χ4v) is 2.77. The predicted octanol–water partition coefficient (Wildman–Crippen LogP) is 4.58. The Balaban J connectivity index is 0.00000261. The highest BCUT2D eigenvalue weighted by Gasteiger charge is 2.24. The van der Waals surface area contributed by atoms with Crippen LogP contribution in [0.15, 0.2) is 35.0 Å². The van der Waals surface area contributed by atoms with Crippen LogP contribution in [-0.2, 0) is 12.0 Å². The molecule has 3 rings (SSSR count). The molecule has 146 valence electrons. The van der Waals surface area contributed by atoms with Gasteiger partial charge in [0.05, 0.1) is 16.1 Å². The molecule has 0 fully saturated rings. The lowest BCUT2D eigenvalue weighted by Crippen LogP contribution is -2.24. The highest BCUT2D eigenvalue weighted by Crippen LogP contribution is 2.35. The van der Waals surface area contributed by atoms with Gasteiger partial charge in [0.1, 0.15) is 5.69 Å². The minimum atomic E-state index is -0.183. The molecule has 0 bridgehead atoms. The first-order chi connectivity index (χ1) is 12.3. The smallest absolute Gasteiger partial charge is 0.261 e. The second kappa shape index (κ2) is 8.42. The van der Waals surface area contributed by atoms with Gasteiger partial charge in [-0.3, -0.25) is 4.68 Å². The van der Waals surface area contributed by atoms with Crippen molar-refractivity contribution in [3.63, 3.8) is 0 Å². The zero-order valence-corrected chi connectivity index (χ0v) is 17.7. The van der Waals surface area contributed by atoms with Gasteiger partial charge in [-0.25, -0.2) is 0 Å². The number of rotatable bonds is 5. The van der Waals surface area contributed by atoms with Crippen LogP contribution in [0.5, 0.6) is 0 Å². The van der Waals surface area contributed by atoms with Crippen molar-refractivity contribution in [2.45, 2.75) is 45.7 Å². The summed E-state index contributed by atoms with van der Waals surface area (Å²) in [7, 11) is 1.91. The van der Waals surface area contributed by atoms with E-state index in [0.717, 1.165) is 16.8 Å². The van der Waals surface area contributed by atoms with E-state index >= 15 is 0 Å². The minimum absolute atomic E-state index is 0. The molecule has 0 saturated heterocycles. The van der Waals surface area contributed by atoms with Gasteiger partial charge in [0.15, 0.2) is 5.82 Å². The molecule has 1 aromatic carbocycles. The molecule has 1 unspecified atom stereocenters. The first-order valence-corrected chi connectivity index (χ1v) is 9.02. The lowest BCUT2D eigenvalue weighted by molar-refractivity contribution is 0.356. The summed E-state index contributed by atoms with van der Waals surface area (Å²) < 4.78 is 7.44. The van der Waals surface area contributed by atoms with Crippen molar-refractivity contribution in [3.05, 3.63) is 41.3 Å². The molecule has 2 heterocycles. The van der Waals surface area contributed by atoms with Crippen molar-refractivity contribution >= 4 is 24.0 Å². The molecule has 1 N–H and O–H groups in total. The first kappa shape index (κ1) is 21.4. The fourth-order valence-electron chi connectivity index (χ4n) is 2.55. The van der Waals surface area contributed by atoms with Crippen LogP contribution in [0.2, 0.25) is 5.02 Å². The van der Waals surface area contributed by atoms with Crippen molar-refractivity contribution in [2.75, 3.05) is 7.05 Å². The number of benzene rings is 1. The summed E-state index contributed by atoms with van der Waals surface area (Å²) in [5.74, 6) is 1.11. The molecule has 0 amide bonds. The molecule has 0 aliphatic rings. The minimum Gasteiger partial charge on any atom is -0.334 e. The van der Waals surface area contributed by atoms with Crippen molar-refractivity contribution in [2.24, 2.45) is 0 Å². The topological polar surface area (TPSA) is 68.8 Å². The second-order valence-corrected chi connectivity index (χ2v) is 7.80. The van der Waals surface area contributed by atoms with Gasteiger partial charge in [-0.15, -0.1) is 12.4 Å². The third-order valence-corrected chi connectivity index (χ3v) is 4.54. The standard InChI is InChI=1S/C19H24ClN5O.ClH/c1-12(21-5)10-16-22-18(26-24-16)14-11-25(19(2,3)4)23-17(14)13-8-6-7-9-15(13)20;/h6-9,11-12,21H,10H2,1-5H3;1H. The Kier molecular flexibility index (Phi) is 6.68. The number of hydrogen-bond acceptors (Lipinski definition) is 5. The van der Waals surface area contributed by atoms with E-state index in [0.29, 0.717) is 23.2 Å². The third-order valence-electron chi connectivity index (χ3n) is 4.21. The van der Waals surface area contributed by atoms with E-state index in [2.05, 4.69) is 43.2 Å². The van der Waals surface area contributed by atoms with Gasteiger partial charge in [0.2, 0.25) is 0 Å². The molecule has 3 aromatic rings. The molecule has 0 aliphatic heterocycles. The summed E-state index contributed by atoms with van der Waals surface area (Å²) in [6.07, 6.45) is 2.63. The van der Waals surface area contributed by atoms with Gasteiger partial charge in [0.25, 0.3) is 5.89 Å². The number of likely N-dealkylation sites (N-methyl/N-ethyl adjacent to an activating group) is 1. The number of nitrogens with one attached hydrogen (secondary N) is 1.